The Bertz CT molecular complexity index is 2290. The molecule has 0 amide bonds. The van der Waals surface area contributed by atoms with Gasteiger partial charge in [-0.25, -0.2) is 0 Å². The number of hydrogen-bond donors (Lipinski definition) is 0. The van der Waals surface area contributed by atoms with E-state index in [9.17, 15) is 5.26 Å². The highest BCUT2D eigenvalue weighted by atomic mass is 16.3. The molecule has 0 aliphatic rings. The van der Waals surface area contributed by atoms with Gasteiger partial charge in [-0.2, -0.15) is 5.26 Å². The average Bonchev–Trinajstić information content (AvgIpc) is 3.37. The van der Waals surface area contributed by atoms with Gasteiger partial charge in [0.2, 0.25) is 0 Å². The summed E-state index contributed by atoms with van der Waals surface area (Å²) in [7, 11) is 0. The quantitative estimate of drug-likeness (QED) is 0.224. The summed E-state index contributed by atoms with van der Waals surface area (Å²) >= 11 is 0. The number of benzene rings is 6. The van der Waals surface area contributed by atoms with Crippen LogP contribution in [-0.2, 0) is 0 Å². The molecule has 0 N–H and O–H groups in total. The van der Waals surface area contributed by atoms with Gasteiger partial charge in [-0.3, -0.25) is 4.98 Å². The number of nitriles is 1. The van der Waals surface area contributed by atoms with Gasteiger partial charge < -0.3 is 4.42 Å². The molecular weight excluding hydrogens is 476 g/mol. The number of furan rings is 1. The molecule has 0 unspecified atom stereocenters. The van der Waals surface area contributed by atoms with Crippen LogP contribution >= 0.6 is 0 Å². The number of aromatic nitrogens is 1. The minimum absolute atomic E-state index is 0.627. The van der Waals surface area contributed by atoms with E-state index in [1.54, 1.807) is 6.07 Å². The van der Waals surface area contributed by atoms with Crippen molar-refractivity contribution < 1.29 is 4.42 Å². The summed E-state index contributed by atoms with van der Waals surface area (Å²) < 4.78 is 6.10. The Labute approximate surface area is 224 Å². The van der Waals surface area contributed by atoms with Crippen molar-refractivity contribution in [3.05, 3.63) is 127 Å². The van der Waals surface area contributed by atoms with Gasteiger partial charge in [0, 0.05) is 28.7 Å². The summed E-state index contributed by atoms with van der Waals surface area (Å²) in [5, 5.41) is 18.7. The molecule has 0 fully saturated rings. The van der Waals surface area contributed by atoms with Gasteiger partial charge in [0.25, 0.3) is 0 Å². The highest BCUT2D eigenvalue weighted by Gasteiger charge is 2.16. The van der Waals surface area contributed by atoms with Crippen LogP contribution in [0.25, 0.3) is 76.5 Å². The summed E-state index contributed by atoms with van der Waals surface area (Å²) in [5.41, 5.74) is 6.82. The zero-order chi connectivity index (χ0) is 25.9. The molecule has 3 heteroatoms. The van der Waals surface area contributed by atoms with Crippen molar-refractivity contribution in [3.63, 3.8) is 0 Å². The number of rotatable bonds is 2. The summed E-state index contributed by atoms with van der Waals surface area (Å²) in [6, 6.07) is 40.2. The number of fused-ring (bicyclic) bond motifs is 8. The standard InChI is InChI=1S/C36H20N2O/c37-20-22-11-13-35-33(16-22)34-17-23(12-14-36(34)39-35)29-18-31-28-10-4-2-8-26(28)30(24-6-5-15-38-21-24)19-32(31)27-9-3-1-7-25(27)29/h1-19,21H. The zero-order valence-corrected chi connectivity index (χ0v) is 20.8. The Kier molecular flexibility index (Phi) is 4.59. The number of hydrogen-bond acceptors (Lipinski definition) is 3. The molecule has 0 radical (unpaired) electrons. The molecule has 39 heavy (non-hydrogen) atoms. The van der Waals surface area contributed by atoms with Crippen molar-refractivity contribution >= 4 is 54.3 Å². The van der Waals surface area contributed by atoms with Gasteiger partial charge in [-0.05, 0) is 97.5 Å². The van der Waals surface area contributed by atoms with Gasteiger partial charge in [0.1, 0.15) is 11.2 Å². The molecule has 0 aliphatic heterocycles. The van der Waals surface area contributed by atoms with Crippen LogP contribution in [0.4, 0.5) is 0 Å². The monoisotopic (exact) mass is 496 g/mol. The summed E-state index contributed by atoms with van der Waals surface area (Å²) in [5.74, 6) is 0. The Morgan fingerprint density at radius 2 is 1.13 bits per heavy atom. The maximum Gasteiger partial charge on any atom is 0.135 e. The lowest BCUT2D eigenvalue weighted by Gasteiger charge is -2.16. The van der Waals surface area contributed by atoms with Gasteiger partial charge in [-0.1, -0.05) is 60.7 Å². The van der Waals surface area contributed by atoms with Crippen molar-refractivity contribution in [2.24, 2.45) is 0 Å². The van der Waals surface area contributed by atoms with E-state index >= 15 is 0 Å². The molecule has 3 nitrogen and oxygen atoms in total. The van der Waals surface area contributed by atoms with Crippen LogP contribution in [-0.4, -0.2) is 4.98 Å². The van der Waals surface area contributed by atoms with E-state index in [1.807, 2.05) is 36.7 Å². The minimum Gasteiger partial charge on any atom is -0.456 e. The molecule has 2 heterocycles. The highest BCUT2D eigenvalue weighted by Crippen LogP contribution is 2.42. The van der Waals surface area contributed by atoms with Crippen molar-refractivity contribution in [1.29, 1.82) is 5.26 Å². The second-order valence-corrected chi connectivity index (χ2v) is 9.91. The average molecular weight is 497 g/mol. The lowest BCUT2D eigenvalue weighted by atomic mass is 9.88. The van der Waals surface area contributed by atoms with Crippen LogP contribution in [0.5, 0.6) is 0 Å². The lowest BCUT2D eigenvalue weighted by molar-refractivity contribution is 0.669. The van der Waals surface area contributed by atoms with Crippen molar-refractivity contribution in [2.45, 2.75) is 0 Å². The Morgan fingerprint density at radius 1 is 0.513 bits per heavy atom. The van der Waals surface area contributed by atoms with Crippen molar-refractivity contribution in [2.75, 3.05) is 0 Å². The largest absolute Gasteiger partial charge is 0.456 e. The second-order valence-electron chi connectivity index (χ2n) is 9.91. The third-order valence-corrected chi connectivity index (χ3v) is 7.76. The molecule has 180 valence electrons. The van der Waals surface area contributed by atoms with Gasteiger partial charge in [0.05, 0.1) is 11.6 Å². The van der Waals surface area contributed by atoms with Gasteiger partial charge in [-0.15, -0.1) is 0 Å². The SMILES string of the molecule is N#Cc1ccc2oc3ccc(-c4cc5c6ccccc6c(-c6cccnc6)cc5c5ccccc45)cc3c2c1. The molecule has 0 saturated heterocycles. The molecule has 0 saturated carbocycles. The fourth-order valence-corrected chi connectivity index (χ4v) is 5.97. The van der Waals surface area contributed by atoms with Crippen LogP contribution in [0.15, 0.2) is 126 Å². The maximum atomic E-state index is 9.45. The maximum absolute atomic E-state index is 9.45. The van der Waals surface area contributed by atoms with E-state index < -0.39 is 0 Å². The normalized spacial score (nSPS) is 11.6. The molecule has 0 atom stereocenters. The van der Waals surface area contributed by atoms with Crippen LogP contribution in [0, 0.1) is 11.3 Å². The van der Waals surface area contributed by atoms with Crippen LogP contribution in [0.3, 0.4) is 0 Å². The highest BCUT2D eigenvalue weighted by molar-refractivity contribution is 6.24. The molecule has 8 aromatic rings. The first-order valence-corrected chi connectivity index (χ1v) is 12.9. The molecule has 0 aliphatic carbocycles. The Hall–Kier alpha value is -5.46. The van der Waals surface area contributed by atoms with E-state index in [-0.39, 0.29) is 0 Å². The Balaban J connectivity index is 1.47. The molecular formula is C36H20N2O. The lowest BCUT2D eigenvalue weighted by Crippen LogP contribution is -1.89. The van der Waals surface area contributed by atoms with Crippen LogP contribution in [0.1, 0.15) is 5.56 Å². The van der Waals surface area contributed by atoms with E-state index in [2.05, 4.69) is 89.9 Å². The van der Waals surface area contributed by atoms with Gasteiger partial charge >= 0.3 is 0 Å². The molecule has 0 bridgehead atoms. The van der Waals surface area contributed by atoms with Crippen LogP contribution in [0.2, 0.25) is 0 Å². The zero-order valence-electron chi connectivity index (χ0n) is 20.8. The first-order valence-electron chi connectivity index (χ1n) is 12.9. The van der Waals surface area contributed by atoms with Crippen molar-refractivity contribution in [3.8, 4) is 28.3 Å². The van der Waals surface area contributed by atoms with E-state index in [1.165, 1.54) is 43.4 Å². The first-order chi connectivity index (χ1) is 19.3. The van der Waals surface area contributed by atoms with Gasteiger partial charge in [0.15, 0.2) is 0 Å². The summed E-state index contributed by atoms with van der Waals surface area (Å²) in [6.45, 7) is 0. The molecule has 0 spiro atoms. The molecule has 8 rings (SSSR count). The fourth-order valence-electron chi connectivity index (χ4n) is 5.97. The van der Waals surface area contributed by atoms with E-state index in [0.29, 0.717) is 5.56 Å². The molecule has 6 aromatic carbocycles. The molecule has 2 aromatic heterocycles. The predicted molar refractivity (Wildman–Crippen MR) is 160 cm³/mol. The third kappa shape index (κ3) is 3.26. The summed E-state index contributed by atoms with van der Waals surface area (Å²) in [6.07, 6.45) is 3.75. The van der Waals surface area contributed by atoms with Crippen molar-refractivity contribution in [1.82, 2.24) is 4.98 Å². The third-order valence-electron chi connectivity index (χ3n) is 7.76. The first kappa shape index (κ1) is 21.6. The fraction of sp³-hybridized carbons (Fsp3) is 0. The predicted octanol–water partition coefficient (Wildman–Crippen LogP) is 9.65. The van der Waals surface area contributed by atoms with Crippen LogP contribution < -0.4 is 0 Å². The van der Waals surface area contributed by atoms with E-state index in [4.69, 9.17) is 4.42 Å². The summed E-state index contributed by atoms with van der Waals surface area (Å²) in [4.78, 5) is 4.39. The second kappa shape index (κ2) is 8.28. The number of pyridine rings is 1. The minimum atomic E-state index is 0.627. The smallest absolute Gasteiger partial charge is 0.135 e. The Morgan fingerprint density at radius 3 is 1.77 bits per heavy atom. The topological polar surface area (TPSA) is 49.8 Å². The van der Waals surface area contributed by atoms with E-state index in [0.717, 1.165) is 33.1 Å². The number of nitrogens with zero attached hydrogens (tertiary/aromatic N) is 2.